The second-order valence-electron chi connectivity index (χ2n) is 5.82. The van der Waals surface area contributed by atoms with Crippen LogP contribution >= 0.6 is 0 Å². The van der Waals surface area contributed by atoms with E-state index in [1.165, 1.54) is 0 Å². The minimum absolute atomic E-state index is 0.0930. The molecule has 1 heterocycles. The quantitative estimate of drug-likeness (QED) is 0.839. The van der Waals surface area contributed by atoms with Gasteiger partial charge in [-0.3, -0.25) is 4.79 Å². The largest absolute Gasteiger partial charge is 0.486 e. The van der Waals surface area contributed by atoms with Crippen LogP contribution in [-0.4, -0.2) is 37.4 Å². The molecule has 0 spiro atoms. The van der Waals surface area contributed by atoms with E-state index >= 15 is 0 Å². The lowest BCUT2D eigenvalue weighted by molar-refractivity contribution is -0.123. The molecule has 25 heavy (non-hydrogen) atoms. The highest BCUT2D eigenvalue weighted by molar-refractivity contribution is 5.77. The van der Waals surface area contributed by atoms with Crippen molar-refractivity contribution >= 4 is 5.91 Å². The molecular formula is C19H21NO5. The van der Waals surface area contributed by atoms with Crippen molar-refractivity contribution in [3.05, 3.63) is 53.6 Å². The van der Waals surface area contributed by atoms with Crippen LogP contribution in [-0.2, 0) is 4.79 Å². The number of nitrogens with one attached hydrogen (secondary N) is 1. The molecule has 2 aromatic rings. The maximum absolute atomic E-state index is 11.9. The molecule has 132 valence electrons. The van der Waals surface area contributed by atoms with Crippen LogP contribution < -0.4 is 19.5 Å². The Hall–Kier alpha value is -2.73. The lowest BCUT2D eigenvalue weighted by Gasteiger charge is -2.20. The molecule has 1 amide bonds. The summed E-state index contributed by atoms with van der Waals surface area (Å²) < 4.78 is 16.3. The number of hydrogen-bond donors (Lipinski definition) is 2. The van der Waals surface area contributed by atoms with Gasteiger partial charge in [0.15, 0.2) is 18.1 Å². The van der Waals surface area contributed by atoms with Crippen LogP contribution in [0.3, 0.4) is 0 Å². The van der Waals surface area contributed by atoms with Crippen molar-refractivity contribution in [1.82, 2.24) is 5.32 Å². The van der Waals surface area contributed by atoms with Gasteiger partial charge < -0.3 is 24.6 Å². The lowest BCUT2D eigenvalue weighted by atomic mass is 10.1. The van der Waals surface area contributed by atoms with Crippen LogP contribution in [0.2, 0.25) is 0 Å². The van der Waals surface area contributed by atoms with Gasteiger partial charge in [0.25, 0.3) is 5.91 Å². The second kappa shape index (κ2) is 7.90. The summed E-state index contributed by atoms with van der Waals surface area (Å²) in [5, 5.41) is 12.9. The molecule has 1 unspecified atom stereocenters. The first kappa shape index (κ1) is 17.1. The molecule has 3 rings (SSSR count). The lowest BCUT2D eigenvalue weighted by Crippen LogP contribution is -2.32. The third-order valence-electron chi connectivity index (χ3n) is 3.83. The Bertz CT molecular complexity index is 729. The van der Waals surface area contributed by atoms with Crippen molar-refractivity contribution in [1.29, 1.82) is 0 Å². The van der Waals surface area contributed by atoms with E-state index in [2.05, 4.69) is 5.32 Å². The zero-order chi connectivity index (χ0) is 17.6. The van der Waals surface area contributed by atoms with E-state index in [4.69, 9.17) is 14.2 Å². The number of ether oxygens (including phenoxy) is 3. The Labute approximate surface area is 146 Å². The van der Waals surface area contributed by atoms with E-state index in [1.807, 2.05) is 31.2 Å². The van der Waals surface area contributed by atoms with Crippen LogP contribution in [0.4, 0.5) is 0 Å². The second-order valence-corrected chi connectivity index (χ2v) is 5.82. The van der Waals surface area contributed by atoms with Crippen LogP contribution in [0.25, 0.3) is 0 Å². The Balaban J connectivity index is 1.47. The molecule has 0 aromatic heterocycles. The SMILES string of the molecule is Cc1ccc(OCC(=O)NCC(O)c2ccc3c(c2)OCCO3)cc1. The van der Waals surface area contributed by atoms with Gasteiger partial charge in [-0.2, -0.15) is 0 Å². The topological polar surface area (TPSA) is 77.0 Å². The summed E-state index contributed by atoms with van der Waals surface area (Å²) in [5.41, 5.74) is 1.78. The van der Waals surface area contributed by atoms with Crippen LogP contribution in [0.5, 0.6) is 17.2 Å². The number of aryl methyl sites for hydroxylation is 1. The minimum Gasteiger partial charge on any atom is -0.486 e. The molecule has 0 saturated carbocycles. The molecule has 0 aliphatic carbocycles. The monoisotopic (exact) mass is 343 g/mol. The Morgan fingerprint density at radius 3 is 2.64 bits per heavy atom. The first-order valence-electron chi connectivity index (χ1n) is 8.15. The Kier molecular flexibility index (Phi) is 5.40. The van der Waals surface area contributed by atoms with E-state index in [0.717, 1.165) is 5.56 Å². The van der Waals surface area contributed by atoms with Gasteiger partial charge in [-0.25, -0.2) is 0 Å². The molecule has 1 atom stereocenters. The normalized spacial score (nSPS) is 13.8. The van der Waals surface area contributed by atoms with Gasteiger partial charge >= 0.3 is 0 Å². The fourth-order valence-electron chi connectivity index (χ4n) is 2.43. The summed E-state index contributed by atoms with van der Waals surface area (Å²) in [5.74, 6) is 1.61. The van der Waals surface area contributed by atoms with E-state index in [-0.39, 0.29) is 19.1 Å². The van der Waals surface area contributed by atoms with Crippen LogP contribution in [0, 0.1) is 6.92 Å². The van der Waals surface area contributed by atoms with E-state index in [0.29, 0.717) is 36.0 Å². The summed E-state index contributed by atoms with van der Waals surface area (Å²) in [7, 11) is 0. The molecule has 6 heteroatoms. The van der Waals surface area contributed by atoms with Crippen LogP contribution in [0.15, 0.2) is 42.5 Å². The van der Waals surface area contributed by atoms with Gasteiger partial charge in [-0.15, -0.1) is 0 Å². The van der Waals surface area contributed by atoms with Crippen molar-refractivity contribution in [2.75, 3.05) is 26.4 Å². The molecule has 2 N–H and O–H groups in total. The molecule has 0 bridgehead atoms. The summed E-state index contributed by atoms with van der Waals surface area (Å²) in [6, 6.07) is 12.7. The van der Waals surface area contributed by atoms with Crippen molar-refractivity contribution < 1.29 is 24.1 Å². The molecule has 1 aliphatic heterocycles. The third-order valence-corrected chi connectivity index (χ3v) is 3.83. The Morgan fingerprint density at radius 2 is 1.88 bits per heavy atom. The van der Waals surface area contributed by atoms with Crippen LogP contribution in [0.1, 0.15) is 17.2 Å². The standard InChI is InChI=1S/C19H21NO5/c1-13-2-5-15(6-3-13)25-12-19(22)20-11-16(21)14-4-7-17-18(10-14)24-9-8-23-17/h2-7,10,16,21H,8-9,11-12H2,1H3,(H,20,22). The summed E-state index contributed by atoms with van der Waals surface area (Å²) in [6.07, 6.45) is -0.834. The summed E-state index contributed by atoms with van der Waals surface area (Å²) in [4.78, 5) is 11.9. The number of amides is 1. The fourth-order valence-corrected chi connectivity index (χ4v) is 2.43. The maximum Gasteiger partial charge on any atom is 0.258 e. The smallest absolute Gasteiger partial charge is 0.258 e. The third kappa shape index (κ3) is 4.64. The highest BCUT2D eigenvalue weighted by Crippen LogP contribution is 2.32. The Morgan fingerprint density at radius 1 is 1.16 bits per heavy atom. The number of fused-ring (bicyclic) bond motifs is 1. The zero-order valence-corrected chi connectivity index (χ0v) is 14.0. The average Bonchev–Trinajstić information content (AvgIpc) is 2.65. The first-order valence-corrected chi connectivity index (χ1v) is 8.15. The fraction of sp³-hybridized carbons (Fsp3) is 0.316. The van der Waals surface area contributed by atoms with Crippen molar-refractivity contribution in [2.45, 2.75) is 13.0 Å². The van der Waals surface area contributed by atoms with Gasteiger partial charge in [-0.1, -0.05) is 23.8 Å². The molecule has 6 nitrogen and oxygen atoms in total. The summed E-state index contributed by atoms with van der Waals surface area (Å²) >= 11 is 0. The summed E-state index contributed by atoms with van der Waals surface area (Å²) in [6.45, 7) is 2.98. The molecular weight excluding hydrogens is 322 g/mol. The zero-order valence-electron chi connectivity index (χ0n) is 14.0. The van der Waals surface area contributed by atoms with Gasteiger partial charge in [0.05, 0.1) is 6.10 Å². The molecule has 0 radical (unpaired) electrons. The number of carbonyl (C=O) groups is 1. The highest BCUT2D eigenvalue weighted by Gasteiger charge is 2.16. The number of benzene rings is 2. The predicted octanol–water partition coefficient (Wildman–Crippen LogP) is 1.99. The van der Waals surface area contributed by atoms with Gasteiger partial charge in [0, 0.05) is 6.54 Å². The molecule has 2 aromatic carbocycles. The number of aliphatic hydroxyl groups is 1. The van der Waals surface area contributed by atoms with Gasteiger partial charge in [0.2, 0.25) is 0 Å². The number of rotatable bonds is 6. The predicted molar refractivity (Wildman–Crippen MR) is 92.1 cm³/mol. The van der Waals surface area contributed by atoms with Crippen molar-refractivity contribution in [3.63, 3.8) is 0 Å². The van der Waals surface area contributed by atoms with E-state index in [9.17, 15) is 9.90 Å². The van der Waals surface area contributed by atoms with Gasteiger partial charge in [-0.05, 0) is 36.8 Å². The molecule has 0 saturated heterocycles. The first-order chi connectivity index (χ1) is 12.1. The minimum atomic E-state index is -0.834. The van der Waals surface area contributed by atoms with Gasteiger partial charge in [0.1, 0.15) is 19.0 Å². The average molecular weight is 343 g/mol. The molecule has 0 fully saturated rings. The number of hydrogen-bond acceptors (Lipinski definition) is 5. The van der Waals surface area contributed by atoms with E-state index < -0.39 is 6.10 Å². The highest BCUT2D eigenvalue weighted by atomic mass is 16.6. The van der Waals surface area contributed by atoms with E-state index in [1.54, 1.807) is 18.2 Å². The number of carbonyl (C=O) groups excluding carboxylic acids is 1. The van der Waals surface area contributed by atoms with Crippen molar-refractivity contribution in [3.8, 4) is 17.2 Å². The van der Waals surface area contributed by atoms with Crippen molar-refractivity contribution in [2.24, 2.45) is 0 Å². The number of aliphatic hydroxyl groups excluding tert-OH is 1. The molecule has 1 aliphatic rings. The maximum atomic E-state index is 11.9.